The van der Waals surface area contributed by atoms with Crippen LogP contribution in [-0.2, 0) is 6.54 Å². The van der Waals surface area contributed by atoms with Gasteiger partial charge in [-0.2, -0.15) is 5.10 Å². The summed E-state index contributed by atoms with van der Waals surface area (Å²) in [5.74, 6) is -0.796. The van der Waals surface area contributed by atoms with Crippen LogP contribution in [0.3, 0.4) is 0 Å². The van der Waals surface area contributed by atoms with Crippen molar-refractivity contribution in [1.82, 2.24) is 9.78 Å². The van der Waals surface area contributed by atoms with Crippen LogP contribution in [0.1, 0.15) is 46.1 Å². The average molecular weight is 426 g/mol. The van der Waals surface area contributed by atoms with E-state index < -0.39 is 35.1 Å². The van der Waals surface area contributed by atoms with Gasteiger partial charge in [0.05, 0.1) is 11.5 Å². The summed E-state index contributed by atoms with van der Waals surface area (Å²) in [4.78, 5) is 22.5. The second-order valence-corrected chi connectivity index (χ2v) is 6.23. The number of furan rings is 1. The Morgan fingerprint density at radius 3 is 2.53 bits per heavy atom. The largest absolute Gasteiger partial charge is 0.454 e. The van der Waals surface area contributed by atoms with E-state index in [1.807, 2.05) is 0 Å². The van der Waals surface area contributed by atoms with Gasteiger partial charge in [-0.05, 0) is 36.8 Å². The first-order valence-electron chi connectivity index (χ1n) is 8.44. The Morgan fingerprint density at radius 2 is 1.93 bits per heavy atom. The van der Waals surface area contributed by atoms with Gasteiger partial charge in [-0.1, -0.05) is 0 Å². The quantitative estimate of drug-likeness (QED) is 0.330. The van der Waals surface area contributed by atoms with Crippen LogP contribution in [0.5, 0.6) is 0 Å². The predicted octanol–water partition coefficient (Wildman–Crippen LogP) is 4.87. The van der Waals surface area contributed by atoms with Crippen molar-refractivity contribution >= 4 is 17.3 Å². The number of nitro benzene ring substituents is 1. The molecule has 8 nitrogen and oxygen atoms in total. The summed E-state index contributed by atoms with van der Waals surface area (Å²) in [6, 6.07) is 7.10. The molecule has 3 aromatic rings. The Kier molecular flexibility index (Phi) is 5.85. The van der Waals surface area contributed by atoms with Crippen molar-refractivity contribution in [3.63, 3.8) is 0 Å². The summed E-state index contributed by atoms with van der Waals surface area (Å²) >= 11 is 0. The number of carbonyl (C=O) groups is 1. The number of nitrogens with one attached hydrogen (secondary N) is 1. The number of non-ortho nitro benzene ring substituents is 1. The molecule has 0 aliphatic rings. The van der Waals surface area contributed by atoms with Gasteiger partial charge in [0.15, 0.2) is 5.76 Å². The van der Waals surface area contributed by atoms with Gasteiger partial charge >= 0.3 is 0 Å². The van der Waals surface area contributed by atoms with Gasteiger partial charge in [-0.15, -0.1) is 0 Å². The minimum atomic E-state index is -3.02. The molecule has 1 N–H and O–H groups in total. The fourth-order valence-electron chi connectivity index (χ4n) is 2.68. The summed E-state index contributed by atoms with van der Waals surface area (Å²) < 4.78 is 57.6. The third-order valence-corrected chi connectivity index (χ3v) is 4.14. The van der Waals surface area contributed by atoms with Gasteiger partial charge < -0.3 is 9.73 Å². The minimum absolute atomic E-state index is 0.0476. The third-order valence-electron chi connectivity index (χ3n) is 4.14. The molecular formula is C18H14F4N4O4. The topological polar surface area (TPSA) is 103 Å². The van der Waals surface area contributed by atoms with Crippen molar-refractivity contribution in [1.29, 1.82) is 0 Å². The molecule has 1 aromatic carbocycles. The summed E-state index contributed by atoms with van der Waals surface area (Å²) in [5, 5.41) is 16.7. The summed E-state index contributed by atoms with van der Waals surface area (Å²) in [5.41, 5.74) is -0.861. The normalized spacial score (nSPS) is 11.3. The molecule has 158 valence electrons. The van der Waals surface area contributed by atoms with Crippen molar-refractivity contribution in [2.75, 3.05) is 5.32 Å². The van der Waals surface area contributed by atoms with Crippen LogP contribution in [-0.4, -0.2) is 20.6 Å². The number of aromatic nitrogens is 2. The van der Waals surface area contributed by atoms with Gasteiger partial charge in [0.2, 0.25) is 0 Å². The zero-order valence-electron chi connectivity index (χ0n) is 15.3. The number of anilines is 1. The lowest BCUT2D eigenvalue weighted by atomic mass is 10.2. The molecule has 0 saturated carbocycles. The van der Waals surface area contributed by atoms with Crippen molar-refractivity contribution in [3.8, 4) is 0 Å². The van der Waals surface area contributed by atoms with Gasteiger partial charge in [0.25, 0.3) is 24.4 Å². The van der Waals surface area contributed by atoms with Crippen LogP contribution in [0.25, 0.3) is 0 Å². The molecular weight excluding hydrogens is 412 g/mol. The number of benzene rings is 1. The number of amides is 1. The predicted molar refractivity (Wildman–Crippen MR) is 95.7 cm³/mol. The van der Waals surface area contributed by atoms with E-state index in [9.17, 15) is 32.5 Å². The molecule has 0 aliphatic carbocycles. The van der Waals surface area contributed by atoms with Crippen molar-refractivity contribution in [2.24, 2.45) is 0 Å². The zero-order chi connectivity index (χ0) is 22.0. The summed E-state index contributed by atoms with van der Waals surface area (Å²) in [7, 11) is 0. The number of nitrogens with zero attached hydrogens (tertiary/aromatic N) is 3. The second kappa shape index (κ2) is 8.35. The van der Waals surface area contributed by atoms with Crippen LogP contribution >= 0.6 is 0 Å². The maximum atomic E-state index is 13.1. The van der Waals surface area contributed by atoms with Gasteiger partial charge in [0.1, 0.15) is 17.1 Å². The smallest absolute Gasteiger partial charge is 0.291 e. The lowest BCUT2D eigenvalue weighted by Crippen LogP contribution is -2.12. The molecule has 2 aromatic heterocycles. The highest BCUT2D eigenvalue weighted by molar-refractivity contribution is 6.02. The van der Waals surface area contributed by atoms with Crippen molar-refractivity contribution < 1.29 is 31.7 Å². The minimum Gasteiger partial charge on any atom is -0.454 e. The van der Waals surface area contributed by atoms with E-state index in [0.717, 1.165) is 0 Å². The van der Waals surface area contributed by atoms with E-state index in [1.165, 1.54) is 30.3 Å². The summed E-state index contributed by atoms with van der Waals surface area (Å²) in [6.07, 6.45) is -6.03. The maximum Gasteiger partial charge on any atom is 0.291 e. The molecule has 0 aliphatic heterocycles. The number of aryl methyl sites for hydroxylation is 1. The Bertz CT molecular complexity index is 1090. The van der Waals surface area contributed by atoms with E-state index >= 15 is 0 Å². The van der Waals surface area contributed by atoms with Gasteiger partial charge in [-0.25, -0.2) is 17.6 Å². The molecule has 0 saturated heterocycles. The molecule has 0 unspecified atom stereocenters. The molecule has 0 radical (unpaired) electrons. The molecule has 0 atom stereocenters. The van der Waals surface area contributed by atoms with Crippen LogP contribution in [0, 0.1) is 17.0 Å². The molecule has 0 spiro atoms. The highest BCUT2D eigenvalue weighted by Gasteiger charge is 2.22. The number of hydrogen-bond acceptors (Lipinski definition) is 5. The monoisotopic (exact) mass is 426 g/mol. The SMILES string of the molecule is Cc1cc([N+](=O)[O-])ccc1NC(=O)c1ccc(Cn2nc(C(F)F)cc2C(F)F)o1. The van der Waals surface area contributed by atoms with Crippen LogP contribution in [0.15, 0.2) is 40.8 Å². The highest BCUT2D eigenvalue weighted by atomic mass is 19.3. The molecule has 1 amide bonds. The molecule has 3 rings (SSSR count). The number of halogens is 4. The molecule has 12 heteroatoms. The van der Waals surface area contributed by atoms with Gasteiger partial charge in [-0.3, -0.25) is 19.6 Å². The Hall–Kier alpha value is -3.70. The fraction of sp³-hybridized carbons (Fsp3) is 0.222. The van der Waals surface area contributed by atoms with E-state index in [2.05, 4.69) is 10.4 Å². The fourth-order valence-corrected chi connectivity index (χ4v) is 2.68. The van der Waals surface area contributed by atoms with E-state index in [4.69, 9.17) is 4.42 Å². The second-order valence-electron chi connectivity index (χ2n) is 6.23. The number of hydrogen-bond donors (Lipinski definition) is 1. The highest BCUT2D eigenvalue weighted by Crippen LogP contribution is 2.26. The number of nitro groups is 1. The molecule has 0 fully saturated rings. The van der Waals surface area contributed by atoms with E-state index in [-0.39, 0.29) is 23.8 Å². The van der Waals surface area contributed by atoms with Crippen molar-refractivity contribution in [2.45, 2.75) is 26.3 Å². The van der Waals surface area contributed by atoms with Crippen LogP contribution < -0.4 is 5.32 Å². The Labute approximate surface area is 166 Å². The van der Waals surface area contributed by atoms with Crippen LogP contribution in [0.4, 0.5) is 28.9 Å². The maximum absolute atomic E-state index is 13.1. The van der Waals surface area contributed by atoms with E-state index in [1.54, 1.807) is 6.92 Å². The van der Waals surface area contributed by atoms with Crippen LogP contribution in [0.2, 0.25) is 0 Å². The standard InChI is InChI=1S/C18H14F4N4O4/c1-9-6-10(26(28)29)2-4-12(9)23-18(27)15-5-3-11(30-15)8-25-14(17(21)22)7-13(24-25)16(19)20/h2-7,16-17H,8H2,1H3,(H,23,27). The first-order valence-corrected chi connectivity index (χ1v) is 8.44. The first kappa shape index (κ1) is 21.0. The van der Waals surface area contributed by atoms with Crippen molar-refractivity contribution in [3.05, 3.63) is 75.0 Å². The molecule has 2 heterocycles. The Morgan fingerprint density at radius 1 is 1.20 bits per heavy atom. The first-order chi connectivity index (χ1) is 14.2. The molecule has 30 heavy (non-hydrogen) atoms. The lowest BCUT2D eigenvalue weighted by molar-refractivity contribution is -0.384. The number of rotatable bonds is 7. The lowest BCUT2D eigenvalue weighted by Gasteiger charge is -2.07. The van der Waals surface area contributed by atoms with Gasteiger partial charge in [0, 0.05) is 17.8 Å². The summed E-state index contributed by atoms with van der Waals surface area (Å²) in [6.45, 7) is 1.19. The number of alkyl halides is 4. The average Bonchev–Trinajstić information content (AvgIpc) is 3.31. The molecule has 0 bridgehead atoms. The zero-order valence-corrected chi connectivity index (χ0v) is 15.3. The van der Waals surface area contributed by atoms with E-state index in [0.29, 0.717) is 22.0 Å². The number of carbonyl (C=O) groups excluding carboxylic acids is 1. The third kappa shape index (κ3) is 4.47. The Balaban J connectivity index is 1.75.